The Morgan fingerprint density at radius 3 is 2.04 bits per heavy atom. The number of aliphatic hydroxyl groups excluding tert-OH is 1. The molecule has 3 aromatic rings. The zero-order valence-electron chi connectivity index (χ0n) is 14.0. The molecule has 134 valence electrons. The average Bonchev–Trinajstić information content (AvgIpc) is 2.88. The third-order valence-corrected chi connectivity index (χ3v) is 3.94. The number of benzene rings is 2. The van der Waals surface area contributed by atoms with Crippen molar-refractivity contribution < 1.29 is 14.6 Å². The van der Waals surface area contributed by atoms with E-state index >= 15 is 0 Å². The van der Waals surface area contributed by atoms with Gasteiger partial charge in [-0.15, -0.1) is 12.4 Å². The van der Waals surface area contributed by atoms with Gasteiger partial charge in [0.05, 0.1) is 31.3 Å². The Morgan fingerprint density at radius 1 is 0.920 bits per heavy atom. The molecule has 0 bridgehead atoms. The molecule has 0 spiro atoms. The summed E-state index contributed by atoms with van der Waals surface area (Å²) in [6.07, 6.45) is 0. The lowest BCUT2D eigenvalue weighted by Crippen LogP contribution is -2.27. The maximum atomic E-state index is 9.23. The molecule has 2 N–H and O–H groups in total. The quantitative estimate of drug-likeness (QED) is 0.677. The summed E-state index contributed by atoms with van der Waals surface area (Å²) in [5.41, 5.74) is 2.28. The smallest absolute Gasteiger partial charge is 0.203 e. The van der Waals surface area contributed by atoms with Crippen LogP contribution >= 0.6 is 12.4 Å². The van der Waals surface area contributed by atoms with Crippen molar-refractivity contribution >= 4 is 23.4 Å². The minimum absolute atomic E-state index is 0. The molecule has 0 unspecified atom stereocenters. The van der Waals surface area contributed by atoms with Gasteiger partial charge in [-0.3, -0.25) is 5.41 Å². The normalized spacial score (nSPS) is 10.5. The Labute approximate surface area is 152 Å². The molecular formula is C18H22ClN3O3. The van der Waals surface area contributed by atoms with Gasteiger partial charge in [0.2, 0.25) is 5.62 Å². The molecule has 0 fully saturated rings. The lowest BCUT2D eigenvalue weighted by Gasteiger charge is -2.08. The molecule has 6 nitrogen and oxygen atoms in total. The summed E-state index contributed by atoms with van der Waals surface area (Å²) >= 11 is 0. The SMILES string of the molecule is COc1ccc(OCCn2c(=N)n(CCO)c3ccccc32)cc1.Cl. The maximum Gasteiger partial charge on any atom is 0.203 e. The van der Waals surface area contributed by atoms with Crippen molar-refractivity contribution in [2.45, 2.75) is 13.1 Å². The highest BCUT2D eigenvalue weighted by Gasteiger charge is 2.09. The van der Waals surface area contributed by atoms with Gasteiger partial charge < -0.3 is 23.7 Å². The van der Waals surface area contributed by atoms with E-state index in [0.29, 0.717) is 25.3 Å². The third-order valence-electron chi connectivity index (χ3n) is 3.94. The first-order chi connectivity index (χ1) is 11.7. The molecule has 0 saturated heterocycles. The van der Waals surface area contributed by atoms with Crippen LogP contribution < -0.4 is 15.1 Å². The van der Waals surface area contributed by atoms with Gasteiger partial charge in [-0.2, -0.15) is 0 Å². The van der Waals surface area contributed by atoms with E-state index in [2.05, 4.69) is 0 Å². The molecule has 0 saturated carbocycles. The lowest BCUT2D eigenvalue weighted by atomic mass is 10.3. The van der Waals surface area contributed by atoms with Crippen molar-refractivity contribution in [3.63, 3.8) is 0 Å². The number of methoxy groups -OCH3 is 1. The second-order valence-electron chi connectivity index (χ2n) is 5.36. The maximum absolute atomic E-state index is 9.23. The number of imidazole rings is 1. The highest BCUT2D eigenvalue weighted by Crippen LogP contribution is 2.17. The number of hydrogen-bond donors (Lipinski definition) is 2. The Kier molecular flexibility index (Phi) is 6.50. The number of nitrogens with one attached hydrogen (secondary N) is 1. The third kappa shape index (κ3) is 3.97. The first kappa shape index (κ1) is 18.9. The molecule has 7 heteroatoms. The van der Waals surface area contributed by atoms with Crippen molar-refractivity contribution in [3.8, 4) is 11.5 Å². The van der Waals surface area contributed by atoms with Crippen molar-refractivity contribution in [1.29, 1.82) is 5.41 Å². The first-order valence-corrected chi connectivity index (χ1v) is 7.85. The fraction of sp³-hybridized carbons (Fsp3) is 0.278. The van der Waals surface area contributed by atoms with Crippen LogP contribution in [0.3, 0.4) is 0 Å². The van der Waals surface area contributed by atoms with E-state index in [1.165, 1.54) is 0 Å². The highest BCUT2D eigenvalue weighted by molar-refractivity contribution is 5.85. The topological polar surface area (TPSA) is 72.4 Å². The van der Waals surface area contributed by atoms with E-state index in [0.717, 1.165) is 22.5 Å². The molecule has 25 heavy (non-hydrogen) atoms. The van der Waals surface area contributed by atoms with Gasteiger partial charge in [-0.25, -0.2) is 0 Å². The number of ether oxygens (including phenoxy) is 2. The van der Waals surface area contributed by atoms with E-state index in [4.69, 9.17) is 14.9 Å². The molecule has 0 aliphatic carbocycles. The van der Waals surface area contributed by atoms with Crippen LogP contribution in [0, 0.1) is 5.41 Å². The van der Waals surface area contributed by atoms with Crippen molar-refractivity contribution in [1.82, 2.24) is 9.13 Å². The van der Waals surface area contributed by atoms with Crippen molar-refractivity contribution in [2.24, 2.45) is 0 Å². The van der Waals surface area contributed by atoms with Crippen LogP contribution in [-0.4, -0.2) is 34.6 Å². The summed E-state index contributed by atoms with van der Waals surface area (Å²) in [4.78, 5) is 0. The van der Waals surface area contributed by atoms with Gasteiger partial charge in [0.1, 0.15) is 18.1 Å². The number of aliphatic hydroxyl groups is 1. The zero-order chi connectivity index (χ0) is 16.9. The van der Waals surface area contributed by atoms with Gasteiger partial charge in [0, 0.05) is 6.54 Å². The summed E-state index contributed by atoms with van der Waals surface area (Å²) < 4.78 is 14.6. The van der Waals surface area contributed by atoms with Crippen LogP contribution in [-0.2, 0) is 13.1 Å². The predicted molar refractivity (Wildman–Crippen MR) is 98.6 cm³/mol. The predicted octanol–water partition coefficient (Wildman–Crippen LogP) is 2.42. The average molecular weight is 364 g/mol. The molecule has 0 aliphatic heterocycles. The fourth-order valence-corrected chi connectivity index (χ4v) is 2.77. The number of halogens is 1. The van der Waals surface area contributed by atoms with Crippen molar-refractivity contribution in [2.75, 3.05) is 20.3 Å². The minimum atomic E-state index is 0. The van der Waals surface area contributed by atoms with Gasteiger partial charge in [-0.1, -0.05) is 12.1 Å². The monoisotopic (exact) mass is 363 g/mol. The number of rotatable bonds is 7. The summed E-state index contributed by atoms with van der Waals surface area (Å²) in [5.74, 6) is 1.55. The van der Waals surface area contributed by atoms with Crippen LogP contribution in [0.5, 0.6) is 11.5 Å². The summed E-state index contributed by atoms with van der Waals surface area (Å²) in [5, 5.41) is 17.6. The Hall–Kier alpha value is -2.44. The van der Waals surface area contributed by atoms with E-state index in [1.807, 2.05) is 57.7 Å². The Morgan fingerprint density at radius 2 is 1.48 bits per heavy atom. The van der Waals surface area contributed by atoms with E-state index in [9.17, 15) is 5.11 Å². The van der Waals surface area contributed by atoms with Crippen LogP contribution in [0.15, 0.2) is 48.5 Å². The molecule has 2 aromatic carbocycles. The van der Waals surface area contributed by atoms with Gasteiger partial charge in [-0.05, 0) is 36.4 Å². The van der Waals surface area contributed by atoms with Crippen molar-refractivity contribution in [3.05, 3.63) is 54.1 Å². The first-order valence-electron chi connectivity index (χ1n) is 7.85. The second kappa shape index (κ2) is 8.60. The summed E-state index contributed by atoms with van der Waals surface area (Å²) in [7, 11) is 1.63. The van der Waals surface area contributed by atoms with E-state index < -0.39 is 0 Å². The number of nitrogens with zero attached hydrogens (tertiary/aromatic N) is 2. The van der Waals surface area contributed by atoms with Crippen LogP contribution in [0.4, 0.5) is 0 Å². The zero-order valence-corrected chi connectivity index (χ0v) is 14.8. The minimum Gasteiger partial charge on any atom is -0.497 e. The van der Waals surface area contributed by atoms with Gasteiger partial charge in [0.25, 0.3) is 0 Å². The second-order valence-corrected chi connectivity index (χ2v) is 5.36. The van der Waals surface area contributed by atoms with Crippen LogP contribution in [0.2, 0.25) is 0 Å². The van der Waals surface area contributed by atoms with Crippen LogP contribution in [0.25, 0.3) is 11.0 Å². The molecule has 0 radical (unpaired) electrons. The molecule has 1 aromatic heterocycles. The standard InChI is InChI=1S/C18H21N3O3.ClH/c1-23-14-6-8-15(9-7-14)24-13-11-21-17-5-3-2-4-16(17)20(10-12-22)18(21)19;/h2-9,19,22H,10-13H2,1H3;1H. The Balaban J connectivity index is 0.00000225. The Bertz CT molecular complexity index is 871. The van der Waals surface area contributed by atoms with Gasteiger partial charge in [0.15, 0.2) is 0 Å². The summed E-state index contributed by atoms with van der Waals surface area (Å²) in [6.45, 7) is 1.43. The molecular weight excluding hydrogens is 342 g/mol. The van der Waals surface area contributed by atoms with E-state index in [-0.39, 0.29) is 19.0 Å². The number of hydrogen-bond acceptors (Lipinski definition) is 4. The molecule has 0 aliphatic rings. The number of fused-ring (bicyclic) bond motifs is 1. The number of para-hydroxylation sites is 2. The highest BCUT2D eigenvalue weighted by atomic mass is 35.5. The molecule has 0 atom stereocenters. The van der Waals surface area contributed by atoms with E-state index in [1.54, 1.807) is 7.11 Å². The fourth-order valence-electron chi connectivity index (χ4n) is 2.77. The molecule has 1 heterocycles. The van der Waals surface area contributed by atoms with Gasteiger partial charge >= 0.3 is 0 Å². The summed E-state index contributed by atoms with van der Waals surface area (Å²) in [6, 6.07) is 15.3. The number of aromatic nitrogens is 2. The molecule has 0 amide bonds. The van der Waals surface area contributed by atoms with Crippen LogP contribution in [0.1, 0.15) is 0 Å². The molecule has 3 rings (SSSR count). The largest absolute Gasteiger partial charge is 0.497 e. The lowest BCUT2D eigenvalue weighted by molar-refractivity contribution is 0.271.